The SMILES string of the molecule is O=C(NCc1ccccc1C(F)(F)F)c1cccc(CCNC(=O)c2cc3ccncc3s2)c1. The van der Waals surface area contributed by atoms with E-state index in [1.165, 1.54) is 29.5 Å². The number of halogens is 3. The van der Waals surface area contributed by atoms with Gasteiger partial charge in [-0.25, -0.2) is 0 Å². The summed E-state index contributed by atoms with van der Waals surface area (Å²) in [7, 11) is 0. The molecule has 4 rings (SSSR count). The van der Waals surface area contributed by atoms with Crippen LogP contribution in [0.3, 0.4) is 0 Å². The van der Waals surface area contributed by atoms with Crippen molar-refractivity contribution in [3.05, 3.63) is 100 Å². The standard InChI is InChI=1S/C25H20F3N3O2S/c26-25(27,28)20-7-2-1-5-19(20)14-31-23(32)18-6-3-4-16(12-18)8-11-30-24(33)21-13-17-9-10-29-15-22(17)34-21/h1-7,9-10,12-13,15H,8,11,14H2,(H,30,33)(H,31,32). The highest BCUT2D eigenvalue weighted by Crippen LogP contribution is 2.31. The number of hydrogen-bond donors (Lipinski definition) is 2. The summed E-state index contributed by atoms with van der Waals surface area (Å²) in [6, 6.07) is 15.6. The molecule has 0 bridgehead atoms. The van der Waals surface area contributed by atoms with Crippen molar-refractivity contribution in [1.82, 2.24) is 15.6 Å². The molecule has 0 fully saturated rings. The molecule has 0 saturated heterocycles. The third kappa shape index (κ3) is 5.60. The minimum Gasteiger partial charge on any atom is -0.351 e. The van der Waals surface area contributed by atoms with Crippen molar-refractivity contribution in [2.75, 3.05) is 6.54 Å². The molecule has 4 aromatic rings. The lowest BCUT2D eigenvalue weighted by molar-refractivity contribution is -0.138. The molecule has 2 aromatic carbocycles. The minimum absolute atomic E-state index is 0.000707. The van der Waals surface area contributed by atoms with E-state index in [0.717, 1.165) is 21.7 Å². The fraction of sp³-hybridized carbons (Fsp3) is 0.160. The van der Waals surface area contributed by atoms with Crippen LogP contribution in [-0.4, -0.2) is 23.3 Å². The van der Waals surface area contributed by atoms with Gasteiger partial charge in [0.25, 0.3) is 11.8 Å². The van der Waals surface area contributed by atoms with Crippen molar-refractivity contribution in [1.29, 1.82) is 0 Å². The normalized spacial score (nSPS) is 11.4. The van der Waals surface area contributed by atoms with Gasteiger partial charge >= 0.3 is 6.18 Å². The van der Waals surface area contributed by atoms with Crippen LogP contribution in [0.25, 0.3) is 10.1 Å². The summed E-state index contributed by atoms with van der Waals surface area (Å²) in [5.74, 6) is -0.653. The number of nitrogens with zero attached hydrogens (tertiary/aromatic N) is 1. The number of amides is 2. The van der Waals surface area contributed by atoms with Crippen LogP contribution in [0.2, 0.25) is 0 Å². The zero-order valence-electron chi connectivity index (χ0n) is 17.9. The molecule has 0 saturated carbocycles. The first-order valence-electron chi connectivity index (χ1n) is 10.5. The molecule has 0 radical (unpaired) electrons. The second kappa shape index (κ2) is 10.0. The molecule has 0 atom stereocenters. The Morgan fingerprint density at radius 2 is 1.76 bits per heavy atom. The number of carbonyl (C=O) groups excluding carboxylic acids is 2. The summed E-state index contributed by atoms with van der Waals surface area (Å²) in [6.07, 6.45) is -0.599. The minimum atomic E-state index is -4.49. The Morgan fingerprint density at radius 3 is 2.56 bits per heavy atom. The maximum Gasteiger partial charge on any atom is 0.416 e. The van der Waals surface area contributed by atoms with Gasteiger partial charge < -0.3 is 10.6 Å². The smallest absolute Gasteiger partial charge is 0.351 e. The number of rotatable bonds is 7. The number of aromatic nitrogens is 1. The number of pyridine rings is 1. The fourth-order valence-electron chi connectivity index (χ4n) is 3.50. The van der Waals surface area contributed by atoms with E-state index in [0.29, 0.717) is 23.4 Å². The van der Waals surface area contributed by atoms with Crippen LogP contribution in [0, 0.1) is 0 Å². The van der Waals surface area contributed by atoms with Gasteiger partial charge in [0.05, 0.1) is 15.1 Å². The Bertz CT molecular complexity index is 1300. The third-order valence-electron chi connectivity index (χ3n) is 5.20. The van der Waals surface area contributed by atoms with Crippen LogP contribution >= 0.6 is 11.3 Å². The van der Waals surface area contributed by atoms with Crippen molar-refractivity contribution in [2.24, 2.45) is 0 Å². The first-order valence-corrected chi connectivity index (χ1v) is 11.3. The predicted octanol–water partition coefficient (Wildman–Crippen LogP) is 5.22. The molecular formula is C25H20F3N3O2S. The van der Waals surface area contributed by atoms with Gasteiger partial charge in [-0.3, -0.25) is 14.6 Å². The largest absolute Gasteiger partial charge is 0.416 e. The molecule has 0 spiro atoms. The van der Waals surface area contributed by atoms with Crippen molar-refractivity contribution in [3.63, 3.8) is 0 Å². The van der Waals surface area contributed by atoms with E-state index < -0.39 is 17.6 Å². The number of benzene rings is 2. The molecule has 2 aromatic heterocycles. The lowest BCUT2D eigenvalue weighted by atomic mass is 10.1. The molecule has 0 aliphatic carbocycles. The van der Waals surface area contributed by atoms with Gasteiger partial charge in [0.15, 0.2) is 0 Å². The van der Waals surface area contributed by atoms with Crippen LogP contribution < -0.4 is 10.6 Å². The van der Waals surface area contributed by atoms with Crippen molar-refractivity contribution in [3.8, 4) is 0 Å². The summed E-state index contributed by atoms with van der Waals surface area (Å²) in [6.45, 7) is 0.134. The zero-order chi connectivity index (χ0) is 24.1. The Morgan fingerprint density at radius 1 is 0.941 bits per heavy atom. The molecule has 0 unspecified atom stereocenters. The number of carbonyl (C=O) groups is 2. The quantitative estimate of drug-likeness (QED) is 0.379. The fourth-order valence-corrected chi connectivity index (χ4v) is 4.45. The monoisotopic (exact) mass is 483 g/mol. The molecule has 2 heterocycles. The lowest BCUT2D eigenvalue weighted by Crippen LogP contribution is -2.25. The van der Waals surface area contributed by atoms with Crippen LogP contribution in [0.4, 0.5) is 13.2 Å². The van der Waals surface area contributed by atoms with Gasteiger partial charge in [-0.05, 0) is 53.3 Å². The number of nitrogens with one attached hydrogen (secondary N) is 2. The highest BCUT2D eigenvalue weighted by atomic mass is 32.1. The summed E-state index contributed by atoms with van der Waals surface area (Å²) < 4.78 is 40.4. The van der Waals surface area contributed by atoms with Gasteiger partial charge in [-0.1, -0.05) is 30.3 Å². The Balaban J connectivity index is 1.33. The second-order valence-corrected chi connectivity index (χ2v) is 8.65. The summed E-state index contributed by atoms with van der Waals surface area (Å²) in [4.78, 5) is 29.6. The molecule has 2 amide bonds. The molecule has 174 valence electrons. The first-order chi connectivity index (χ1) is 16.3. The van der Waals surface area contributed by atoms with E-state index in [-0.39, 0.29) is 18.0 Å². The van der Waals surface area contributed by atoms with E-state index >= 15 is 0 Å². The highest BCUT2D eigenvalue weighted by Gasteiger charge is 2.32. The average molecular weight is 484 g/mol. The first kappa shape index (κ1) is 23.4. The number of fused-ring (bicyclic) bond motifs is 1. The van der Waals surface area contributed by atoms with E-state index in [9.17, 15) is 22.8 Å². The molecule has 34 heavy (non-hydrogen) atoms. The van der Waals surface area contributed by atoms with E-state index in [2.05, 4.69) is 15.6 Å². The number of alkyl halides is 3. The van der Waals surface area contributed by atoms with Crippen molar-refractivity contribution < 1.29 is 22.8 Å². The highest BCUT2D eigenvalue weighted by molar-refractivity contribution is 7.20. The topological polar surface area (TPSA) is 71.1 Å². The van der Waals surface area contributed by atoms with Gasteiger partial charge in [0.2, 0.25) is 0 Å². The molecule has 0 aliphatic rings. The second-order valence-electron chi connectivity index (χ2n) is 7.57. The summed E-state index contributed by atoms with van der Waals surface area (Å²) in [5.41, 5.74) is 0.392. The third-order valence-corrected chi connectivity index (χ3v) is 6.28. The Hall–Kier alpha value is -3.72. The van der Waals surface area contributed by atoms with E-state index in [1.54, 1.807) is 30.6 Å². The lowest BCUT2D eigenvalue weighted by Gasteiger charge is -2.13. The molecule has 2 N–H and O–H groups in total. The maximum absolute atomic E-state index is 13.1. The maximum atomic E-state index is 13.1. The Labute approximate surface area is 197 Å². The van der Waals surface area contributed by atoms with Gasteiger partial charge in [0.1, 0.15) is 0 Å². The molecule has 5 nitrogen and oxygen atoms in total. The Kier molecular flexibility index (Phi) is 6.93. The van der Waals surface area contributed by atoms with Gasteiger partial charge in [0, 0.05) is 31.0 Å². The van der Waals surface area contributed by atoms with E-state index in [4.69, 9.17) is 0 Å². The van der Waals surface area contributed by atoms with Gasteiger partial charge in [-0.15, -0.1) is 11.3 Å². The molecule has 9 heteroatoms. The van der Waals surface area contributed by atoms with E-state index in [1.807, 2.05) is 18.2 Å². The summed E-state index contributed by atoms with van der Waals surface area (Å²) >= 11 is 1.37. The predicted molar refractivity (Wildman–Crippen MR) is 125 cm³/mol. The molecule has 0 aliphatic heterocycles. The van der Waals surface area contributed by atoms with Crippen molar-refractivity contribution in [2.45, 2.75) is 19.1 Å². The van der Waals surface area contributed by atoms with Crippen molar-refractivity contribution >= 4 is 33.2 Å². The average Bonchev–Trinajstić information content (AvgIpc) is 3.27. The number of hydrogen-bond acceptors (Lipinski definition) is 4. The van der Waals surface area contributed by atoms with Crippen LogP contribution in [0.5, 0.6) is 0 Å². The summed E-state index contributed by atoms with van der Waals surface area (Å²) in [5, 5.41) is 6.38. The zero-order valence-corrected chi connectivity index (χ0v) is 18.7. The number of thiophene rings is 1. The molecular weight excluding hydrogens is 463 g/mol. The van der Waals surface area contributed by atoms with Gasteiger partial charge in [-0.2, -0.15) is 13.2 Å². The van der Waals surface area contributed by atoms with Crippen LogP contribution in [-0.2, 0) is 19.1 Å². The van der Waals surface area contributed by atoms with Crippen LogP contribution in [0.1, 0.15) is 36.7 Å². The van der Waals surface area contributed by atoms with Crippen LogP contribution in [0.15, 0.2) is 73.1 Å².